The van der Waals surface area contributed by atoms with Crippen LogP contribution in [0.15, 0.2) is 0 Å². The Morgan fingerprint density at radius 2 is 0.933 bits per heavy atom. The second-order valence-corrected chi connectivity index (χ2v) is 15.4. The minimum Gasteiger partial charge on any atom is -0.394 e. The molecule has 15 N–H and O–H groups in total. The first kappa shape index (κ1) is 49.1. The highest BCUT2D eigenvalue weighted by molar-refractivity contribution is 5.73. The molecule has 0 aromatic carbocycles. The quantitative estimate of drug-likeness (QED) is 0.0817. The summed E-state index contributed by atoms with van der Waals surface area (Å²) in [5.41, 5.74) is 0. The van der Waals surface area contributed by atoms with E-state index >= 15 is 0 Å². The van der Waals surface area contributed by atoms with Crippen LogP contribution in [0, 0.1) is 0 Å². The molecule has 5 fully saturated rings. The Morgan fingerprint density at radius 1 is 0.467 bits per heavy atom. The zero-order valence-corrected chi connectivity index (χ0v) is 32.9. The van der Waals surface area contributed by atoms with E-state index in [4.69, 9.17) is 42.6 Å². The Hall–Kier alpha value is -1.94. The predicted octanol–water partition coefficient (Wildman–Crippen LogP) is -9.58. The number of rotatable bonds is 13. The third-order valence-electron chi connectivity index (χ3n) is 11.0. The van der Waals surface area contributed by atoms with E-state index in [1.807, 2.05) is 0 Å². The molecule has 348 valence electrons. The van der Waals surface area contributed by atoms with Crippen molar-refractivity contribution in [1.82, 2.24) is 10.6 Å². The summed E-state index contributed by atoms with van der Waals surface area (Å²) < 4.78 is 52.5. The molecular weight excluding hydrogens is 820 g/mol. The predicted molar refractivity (Wildman–Crippen MR) is 187 cm³/mol. The first-order chi connectivity index (χ1) is 28.2. The van der Waals surface area contributed by atoms with E-state index in [-0.39, 0.29) is 0 Å². The summed E-state index contributed by atoms with van der Waals surface area (Å²) in [6, 6.07) is -3.05. The summed E-state index contributed by atoms with van der Waals surface area (Å²) in [7, 11) is 0. The number of aliphatic hydroxyl groups excluding tert-OH is 13. The fourth-order valence-corrected chi connectivity index (χ4v) is 7.60. The van der Waals surface area contributed by atoms with Crippen molar-refractivity contribution >= 4 is 11.8 Å². The molecule has 5 heterocycles. The van der Waals surface area contributed by atoms with Gasteiger partial charge in [-0.1, -0.05) is 0 Å². The van der Waals surface area contributed by atoms with Gasteiger partial charge in [0.15, 0.2) is 31.5 Å². The summed E-state index contributed by atoms with van der Waals surface area (Å²) in [6.07, 6.45) is -39.7. The van der Waals surface area contributed by atoms with Crippen LogP contribution in [0.3, 0.4) is 0 Å². The normalized spacial score (nSPS) is 50.2. The van der Waals surface area contributed by atoms with Crippen LogP contribution in [-0.4, -0.2) is 251 Å². The lowest BCUT2D eigenvalue weighted by Crippen LogP contribution is -2.70. The minimum atomic E-state index is -2.01. The lowest BCUT2D eigenvalue weighted by atomic mass is 9.94. The van der Waals surface area contributed by atoms with Crippen LogP contribution in [0.25, 0.3) is 0 Å². The summed E-state index contributed by atoms with van der Waals surface area (Å²) in [4.78, 5) is 24.4. The maximum Gasteiger partial charge on any atom is 0.217 e. The molecule has 0 spiro atoms. The fraction of sp³-hybridized carbons (Fsp3) is 0.941. The van der Waals surface area contributed by atoms with Crippen molar-refractivity contribution < 1.29 is 119 Å². The Labute approximate surface area is 342 Å². The number of aliphatic hydroxyl groups is 13. The molecule has 5 saturated heterocycles. The molecule has 0 aromatic heterocycles. The first-order valence-corrected chi connectivity index (χ1v) is 19.3. The molecule has 0 bridgehead atoms. The first-order valence-electron chi connectivity index (χ1n) is 19.3. The van der Waals surface area contributed by atoms with Crippen molar-refractivity contribution in [3.63, 3.8) is 0 Å². The second kappa shape index (κ2) is 20.7. The lowest BCUT2D eigenvalue weighted by molar-refractivity contribution is -0.393. The molecule has 0 aliphatic carbocycles. The molecule has 25 atom stereocenters. The zero-order chi connectivity index (χ0) is 44.5. The number of nitrogens with one attached hydrogen (secondary N) is 2. The molecule has 0 saturated carbocycles. The van der Waals surface area contributed by atoms with Crippen molar-refractivity contribution in [2.45, 2.75) is 181 Å². The molecule has 0 aromatic rings. The number of amides is 2. The smallest absolute Gasteiger partial charge is 0.217 e. The molecule has 26 heteroatoms. The van der Waals surface area contributed by atoms with Gasteiger partial charge in [-0.3, -0.25) is 9.59 Å². The van der Waals surface area contributed by atoms with Crippen LogP contribution in [-0.2, 0) is 52.2 Å². The largest absolute Gasteiger partial charge is 0.394 e. The lowest BCUT2D eigenvalue weighted by Gasteiger charge is -2.51. The van der Waals surface area contributed by atoms with Gasteiger partial charge in [-0.25, -0.2) is 0 Å². The molecule has 17 unspecified atom stereocenters. The van der Waals surface area contributed by atoms with Gasteiger partial charge >= 0.3 is 0 Å². The molecular formula is C34H58N2O24. The zero-order valence-electron chi connectivity index (χ0n) is 32.9. The highest BCUT2D eigenvalue weighted by atomic mass is 16.8. The van der Waals surface area contributed by atoms with Gasteiger partial charge in [-0.2, -0.15) is 0 Å². The average molecular weight is 879 g/mol. The molecule has 5 aliphatic rings. The van der Waals surface area contributed by atoms with Gasteiger partial charge in [-0.05, 0) is 13.8 Å². The van der Waals surface area contributed by atoms with Gasteiger partial charge in [0.1, 0.15) is 110 Å². The standard InChI is InChI=1S/C34H58N2O24/c1-8-17(41)22(46)25(49)32(53-8)59-28-16(36-11(4)40)31(52-7-14-20(44)21(45)15(30(51)55-14)35-10(3)39)57-13(6-38)27(28)58-34-29(24(48)19(43)12(5-37)56-34)60-33-26(50)23(47)18(42)9(2)54-33/h8-9,12-34,37-38,41-51H,5-7H2,1-4H3,(H,35,39)(H,36,40)/t8?,9?,12?,13?,14?,15?,16?,17?,18-,19?,20?,21?,22-,23?,24+,25?,26+,27?,28-,29?,30?,31+,32+,33?,34+/m1/s1. The maximum atomic E-state index is 12.8. The van der Waals surface area contributed by atoms with Gasteiger partial charge in [0, 0.05) is 13.8 Å². The van der Waals surface area contributed by atoms with Crippen LogP contribution in [0.1, 0.15) is 27.7 Å². The van der Waals surface area contributed by atoms with E-state index in [2.05, 4.69) is 10.6 Å². The Balaban J connectivity index is 1.49. The van der Waals surface area contributed by atoms with Crippen LogP contribution in [0.5, 0.6) is 0 Å². The van der Waals surface area contributed by atoms with Crippen molar-refractivity contribution in [1.29, 1.82) is 0 Å². The van der Waals surface area contributed by atoms with Crippen molar-refractivity contribution in [2.75, 3.05) is 19.8 Å². The SMILES string of the molecule is CC(=O)NC1C(O)OC(CO[C@H]2OC(CO)C(O[C@@H]3OC(CO)C(O)[C@H](O)C3OC3OC(C)[C@@H](O)C(O)[C@@H]3O)[C@H](O[C@@H]3OC(C)C(O)[C@@H](O)C3O)C2NC(C)=O)C(O)C1O. The number of hydrogen-bond acceptors (Lipinski definition) is 24. The number of carbonyl (C=O) groups is 2. The number of hydrogen-bond donors (Lipinski definition) is 15. The summed E-state index contributed by atoms with van der Waals surface area (Å²) in [5, 5.41) is 143. The van der Waals surface area contributed by atoms with Gasteiger partial charge in [0.05, 0.1) is 32.0 Å². The van der Waals surface area contributed by atoms with Crippen molar-refractivity contribution in [2.24, 2.45) is 0 Å². The van der Waals surface area contributed by atoms with Crippen molar-refractivity contribution in [3.8, 4) is 0 Å². The fourth-order valence-electron chi connectivity index (χ4n) is 7.60. The Bertz CT molecular complexity index is 1410. The Morgan fingerprint density at radius 3 is 1.45 bits per heavy atom. The summed E-state index contributed by atoms with van der Waals surface area (Å²) >= 11 is 0. The van der Waals surface area contributed by atoms with E-state index in [1.54, 1.807) is 0 Å². The van der Waals surface area contributed by atoms with Crippen LogP contribution < -0.4 is 10.6 Å². The van der Waals surface area contributed by atoms with E-state index in [1.165, 1.54) is 13.8 Å². The molecule has 60 heavy (non-hydrogen) atoms. The third kappa shape index (κ3) is 10.5. The highest BCUT2D eigenvalue weighted by Crippen LogP contribution is 2.36. The van der Waals surface area contributed by atoms with Crippen LogP contribution in [0.2, 0.25) is 0 Å². The van der Waals surface area contributed by atoms with E-state index in [9.17, 15) is 76.0 Å². The summed E-state index contributed by atoms with van der Waals surface area (Å²) in [6.45, 7) is 2.27. The molecule has 26 nitrogen and oxygen atoms in total. The molecule has 5 rings (SSSR count). The van der Waals surface area contributed by atoms with Crippen LogP contribution in [0.4, 0.5) is 0 Å². The van der Waals surface area contributed by atoms with Gasteiger partial charge < -0.3 is 120 Å². The number of ether oxygens (including phenoxy) is 9. The second-order valence-electron chi connectivity index (χ2n) is 15.4. The van der Waals surface area contributed by atoms with Crippen LogP contribution >= 0.6 is 0 Å². The average Bonchev–Trinajstić information content (AvgIpc) is 3.20. The number of carbonyl (C=O) groups excluding carboxylic acids is 2. The molecule has 5 aliphatic heterocycles. The molecule has 2 amide bonds. The Kier molecular flexibility index (Phi) is 16.9. The van der Waals surface area contributed by atoms with Gasteiger partial charge in [0.25, 0.3) is 0 Å². The van der Waals surface area contributed by atoms with E-state index < -0.39 is 185 Å². The monoisotopic (exact) mass is 878 g/mol. The third-order valence-corrected chi connectivity index (χ3v) is 11.0. The van der Waals surface area contributed by atoms with Gasteiger partial charge in [0.2, 0.25) is 11.8 Å². The van der Waals surface area contributed by atoms with Gasteiger partial charge in [-0.15, -0.1) is 0 Å². The molecule has 0 radical (unpaired) electrons. The van der Waals surface area contributed by atoms with Crippen molar-refractivity contribution in [3.05, 3.63) is 0 Å². The van der Waals surface area contributed by atoms with E-state index in [0.717, 1.165) is 13.8 Å². The highest BCUT2D eigenvalue weighted by Gasteiger charge is 2.57. The van der Waals surface area contributed by atoms with E-state index in [0.29, 0.717) is 0 Å². The minimum absolute atomic E-state index is 0.652. The topological polar surface area (TPSA) is 404 Å². The maximum absolute atomic E-state index is 12.8. The summed E-state index contributed by atoms with van der Waals surface area (Å²) in [5.74, 6) is -1.42.